The van der Waals surface area contributed by atoms with Crippen molar-refractivity contribution in [3.8, 4) is 5.75 Å². The molecule has 0 unspecified atom stereocenters. The lowest BCUT2D eigenvalue weighted by Gasteiger charge is -2.11. The summed E-state index contributed by atoms with van der Waals surface area (Å²) < 4.78 is 5.70. The summed E-state index contributed by atoms with van der Waals surface area (Å²) in [4.78, 5) is 0. The second-order valence-electron chi connectivity index (χ2n) is 5.88. The van der Waals surface area contributed by atoms with Gasteiger partial charge in [0.15, 0.2) is 0 Å². The van der Waals surface area contributed by atoms with Gasteiger partial charge in [0.25, 0.3) is 0 Å². The lowest BCUT2D eigenvalue weighted by molar-refractivity contribution is 0.242. The third-order valence-electron chi connectivity index (χ3n) is 2.98. The van der Waals surface area contributed by atoms with Crippen molar-refractivity contribution in [2.24, 2.45) is 5.92 Å². The second-order valence-corrected chi connectivity index (χ2v) is 5.88. The van der Waals surface area contributed by atoms with E-state index in [1.54, 1.807) is 0 Å². The van der Waals surface area contributed by atoms with Crippen LogP contribution in [0.4, 0.5) is 0 Å². The van der Waals surface area contributed by atoms with E-state index in [2.05, 4.69) is 51.2 Å². The fraction of sp³-hybridized carbons (Fsp3) is 0.647. The van der Waals surface area contributed by atoms with E-state index in [4.69, 9.17) is 4.74 Å². The largest absolute Gasteiger partial charge is 0.491 e. The molecule has 0 aliphatic carbocycles. The first kappa shape index (κ1) is 16.0. The van der Waals surface area contributed by atoms with Crippen molar-refractivity contribution in [1.29, 1.82) is 0 Å². The minimum atomic E-state index is 0.235. The van der Waals surface area contributed by atoms with Crippen LogP contribution in [0.25, 0.3) is 0 Å². The summed E-state index contributed by atoms with van der Waals surface area (Å²) >= 11 is 0. The standard InChI is InChI=1S/C17H29NO/c1-14(2)8-5-6-11-18-13-16-9-7-10-17(12-16)19-15(3)4/h7,9-10,12,14-15,18H,5-6,8,11,13H2,1-4H3. The van der Waals surface area contributed by atoms with Gasteiger partial charge in [0.1, 0.15) is 5.75 Å². The highest BCUT2D eigenvalue weighted by atomic mass is 16.5. The van der Waals surface area contributed by atoms with Crippen molar-refractivity contribution >= 4 is 0 Å². The van der Waals surface area contributed by atoms with Gasteiger partial charge in [-0.15, -0.1) is 0 Å². The zero-order chi connectivity index (χ0) is 14.1. The molecule has 0 amide bonds. The van der Waals surface area contributed by atoms with E-state index in [0.29, 0.717) is 0 Å². The van der Waals surface area contributed by atoms with Gasteiger partial charge in [0.05, 0.1) is 6.10 Å². The van der Waals surface area contributed by atoms with Gasteiger partial charge in [0, 0.05) is 6.54 Å². The number of rotatable bonds is 9. The third kappa shape index (κ3) is 7.89. The summed E-state index contributed by atoms with van der Waals surface area (Å²) in [7, 11) is 0. The lowest BCUT2D eigenvalue weighted by Crippen LogP contribution is -2.15. The Hall–Kier alpha value is -1.02. The van der Waals surface area contributed by atoms with Crippen LogP contribution >= 0.6 is 0 Å². The first-order valence-corrected chi connectivity index (χ1v) is 7.54. The zero-order valence-electron chi connectivity index (χ0n) is 12.9. The average molecular weight is 263 g/mol. The molecule has 1 aromatic rings. The van der Waals surface area contributed by atoms with Crippen LogP contribution in [0.5, 0.6) is 5.75 Å². The van der Waals surface area contributed by atoms with Crippen molar-refractivity contribution < 1.29 is 4.74 Å². The topological polar surface area (TPSA) is 21.3 Å². The summed E-state index contributed by atoms with van der Waals surface area (Å²) in [5.74, 6) is 1.79. The molecule has 1 N–H and O–H groups in total. The molecular weight excluding hydrogens is 234 g/mol. The molecule has 1 aromatic carbocycles. The highest BCUT2D eigenvalue weighted by Gasteiger charge is 1.99. The fourth-order valence-electron chi connectivity index (χ4n) is 2.04. The summed E-state index contributed by atoms with van der Waals surface area (Å²) in [5, 5.41) is 3.50. The normalized spacial score (nSPS) is 11.3. The van der Waals surface area contributed by atoms with Gasteiger partial charge < -0.3 is 10.1 Å². The Morgan fingerprint density at radius 1 is 1.11 bits per heavy atom. The molecule has 0 aromatic heterocycles. The van der Waals surface area contributed by atoms with Gasteiger partial charge in [0.2, 0.25) is 0 Å². The van der Waals surface area contributed by atoms with E-state index in [1.807, 2.05) is 6.07 Å². The van der Waals surface area contributed by atoms with Gasteiger partial charge in [-0.1, -0.05) is 38.8 Å². The molecule has 0 atom stereocenters. The number of benzene rings is 1. The number of hydrogen-bond acceptors (Lipinski definition) is 2. The number of ether oxygens (including phenoxy) is 1. The smallest absolute Gasteiger partial charge is 0.120 e. The van der Waals surface area contributed by atoms with Crippen molar-refractivity contribution in [2.45, 2.75) is 59.6 Å². The molecular formula is C17H29NO. The van der Waals surface area contributed by atoms with E-state index in [1.165, 1.54) is 24.8 Å². The highest BCUT2D eigenvalue weighted by molar-refractivity contribution is 5.28. The predicted octanol–water partition coefficient (Wildman–Crippen LogP) is 4.39. The van der Waals surface area contributed by atoms with Gasteiger partial charge in [-0.3, -0.25) is 0 Å². The molecule has 19 heavy (non-hydrogen) atoms. The Bertz CT molecular complexity index is 347. The van der Waals surface area contributed by atoms with Crippen LogP contribution in [0.15, 0.2) is 24.3 Å². The molecule has 0 radical (unpaired) electrons. The van der Waals surface area contributed by atoms with Crippen LogP contribution in [0.2, 0.25) is 0 Å². The Labute approximate surface area is 118 Å². The molecule has 0 aliphatic rings. The maximum atomic E-state index is 5.70. The molecule has 1 rings (SSSR count). The molecule has 0 spiro atoms. The molecule has 108 valence electrons. The summed E-state index contributed by atoms with van der Waals surface area (Å²) in [6.45, 7) is 10.7. The molecule has 2 nitrogen and oxygen atoms in total. The van der Waals surface area contributed by atoms with Crippen LogP contribution < -0.4 is 10.1 Å². The molecule has 0 aliphatic heterocycles. The fourth-order valence-corrected chi connectivity index (χ4v) is 2.04. The molecule has 0 saturated heterocycles. The van der Waals surface area contributed by atoms with E-state index in [0.717, 1.165) is 24.8 Å². The maximum Gasteiger partial charge on any atom is 0.120 e. The van der Waals surface area contributed by atoms with Gasteiger partial charge in [-0.05, 0) is 50.4 Å². The minimum Gasteiger partial charge on any atom is -0.491 e. The van der Waals surface area contributed by atoms with Crippen molar-refractivity contribution in [2.75, 3.05) is 6.54 Å². The van der Waals surface area contributed by atoms with Gasteiger partial charge >= 0.3 is 0 Å². The minimum absolute atomic E-state index is 0.235. The Balaban J connectivity index is 2.22. The van der Waals surface area contributed by atoms with E-state index >= 15 is 0 Å². The quantitative estimate of drug-likeness (QED) is 0.667. The highest BCUT2D eigenvalue weighted by Crippen LogP contribution is 2.14. The SMILES string of the molecule is CC(C)CCCCNCc1cccc(OC(C)C)c1. The second kappa shape index (κ2) is 8.98. The molecule has 0 bridgehead atoms. The summed E-state index contributed by atoms with van der Waals surface area (Å²) in [6.07, 6.45) is 4.15. The summed E-state index contributed by atoms with van der Waals surface area (Å²) in [5.41, 5.74) is 1.29. The van der Waals surface area contributed by atoms with Crippen molar-refractivity contribution in [3.05, 3.63) is 29.8 Å². The monoisotopic (exact) mass is 263 g/mol. The first-order valence-electron chi connectivity index (χ1n) is 7.54. The zero-order valence-corrected chi connectivity index (χ0v) is 12.9. The average Bonchev–Trinajstić information content (AvgIpc) is 2.33. The predicted molar refractivity (Wildman–Crippen MR) is 82.6 cm³/mol. The van der Waals surface area contributed by atoms with E-state index in [-0.39, 0.29) is 6.10 Å². The Kier molecular flexibility index (Phi) is 7.57. The van der Waals surface area contributed by atoms with Crippen LogP contribution in [0.1, 0.15) is 52.5 Å². The van der Waals surface area contributed by atoms with Crippen molar-refractivity contribution in [3.63, 3.8) is 0 Å². The van der Waals surface area contributed by atoms with Crippen LogP contribution in [0, 0.1) is 5.92 Å². The van der Waals surface area contributed by atoms with Crippen LogP contribution in [-0.4, -0.2) is 12.6 Å². The van der Waals surface area contributed by atoms with Crippen LogP contribution in [0.3, 0.4) is 0 Å². The maximum absolute atomic E-state index is 5.70. The van der Waals surface area contributed by atoms with E-state index < -0.39 is 0 Å². The molecule has 0 heterocycles. The van der Waals surface area contributed by atoms with Crippen molar-refractivity contribution in [1.82, 2.24) is 5.32 Å². The van der Waals surface area contributed by atoms with Crippen LogP contribution in [-0.2, 0) is 6.54 Å². The lowest BCUT2D eigenvalue weighted by atomic mass is 10.1. The van der Waals surface area contributed by atoms with Gasteiger partial charge in [-0.25, -0.2) is 0 Å². The molecule has 2 heteroatoms. The Morgan fingerprint density at radius 3 is 2.58 bits per heavy atom. The van der Waals surface area contributed by atoms with Gasteiger partial charge in [-0.2, -0.15) is 0 Å². The molecule has 0 fully saturated rings. The first-order chi connectivity index (χ1) is 9.08. The van der Waals surface area contributed by atoms with E-state index in [9.17, 15) is 0 Å². The summed E-state index contributed by atoms with van der Waals surface area (Å²) in [6, 6.07) is 8.36. The third-order valence-corrected chi connectivity index (χ3v) is 2.98. The number of hydrogen-bond donors (Lipinski definition) is 1. The number of nitrogens with one attached hydrogen (secondary N) is 1. The molecule has 0 saturated carbocycles. The Morgan fingerprint density at radius 2 is 1.89 bits per heavy atom. The number of unbranched alkanes of at least 4 members (excludes halogenated alkanes) is 1.